The SMILES string of the molecule is CCc1ccccc1NC(=O)C1CN(S(=O)(=O)c2cccnc2)CC12CCCCC2. The fourth-order valence-electron chi connectivity index (χ4n) is 5.05. The molecule has 2 aromatic rings. The lowest BCUT2D eigenvalue weighted by atomic mass is 9.67. The van der Waals surface area contributed by atoms with Gasteiger partial charge >= 0.3 is 0 Å². The van der Waals surface area contributed by atoms with Crippen LogP contribution in [0, 0.1) is 11.3 Å². The quantitative estimate of drug-likeness (QED) is 0.786. The summed E-state index contributed by atoms with van der Waals surface area (Å²) in [5.41, 5.74) is 1.62. The molecule has 1 saturated carbocycles. The van der Waals surface area contributed by atoms with Crippen molar-refractivity contribution in [3.63, 3.8) is 0 Å². The van der Waals surface area contributed by atoms with Crippen molar-refractivity contribution in [1.82, 2.24) is 9.29 Å². The van der Waals surface area contributed by atoms with Crippen molar-refractivity contribution >= 4 is 21.6 Å². The van der Waals surface area contributed by atoms with E-state index in [4.69, 9.17) is 0 Å². The molecule has 0 bridgehead atoms. The minimum Gasteiger partial charge on any atom is -0.326 e. The average molecular weight is 428 g/mol. The van der Waals surface area contributed by atoms with Crippen LogP contribution in [0.1, 0.15) is 44.6 Å². The fourth-order valence-corrected chi connectivity index (χ4v) is 6.56. The predicted octanol–water partition coefficient (Wildman–Crippen LogP) is 3.85. The fraction of sp³-hybridized carbons (Fsp3) is 0.478. The molecule has 1 N–H and O–H groups in total. The topological polar surface area (TPSA) is 79.4 Å². The van der Waals surface area contributed by atoms with Crippen molar-refractivity contribution < 1.29 is 13.2 Å². The van der Waals surface area contributed by atoms with Crippen molar-refractivity contribution in [1.29, 1.82) is 0 Å². The van der Waals surface area contributed by atoms with Crippen molar-refractivity contribution in [2.24, 2.45) is 11.3 Å². The van der Waals surface area contributed by atoms with Gasteiger partial charge in [-0.15, -0.1) is 0 Å². The molecule has 1 aromatic heterocycles. The van der Waals surface area contributed by atoms with Crippen molar-refractivity contribution in [2.75, 3.05) is 18.4 Å². The summed E-state index contributed by atoms with van der Waals surface area (Å²) in [5.74, 6) is -0.421. The number of anilines is 1. The molecule has 1 amide bonds. The summed E-state index contributed by atoms with van der Waals surface area (Å²) in [4.78, 5) is 17.6. The van der Waals surface area contributed by atoms with Crippen molar-refractivity contribution in [3.8, 4) is 0 Å². The summed E-state index contributed by atoms with van der Waals surface area (Å²) in [6.45, 7) is 2.68. The number of nitrogens with one attached hydrogen (secondary N) is 1. The lowest BCUT2D eigenvalue weighted by Crippen LogP contribution is -2.39. The predicted molar refractivity (Wildman–Crippen MR) is 116 cm³/mol. The van der Waals surface area contributed by atoms with E-state index in [1.807, 2.05) is 24.3 Å². The monoisotopic (exact) mass is 427 g/mol. The second-order valence-corrected chi connectivity index (χ2v) is 10.4. The number of nitrogens with zero attached hydrogens (tertiary/aromatic N) is 2. The van der Waals surface area contributed by atoms with Gasteiger partial charge < -0.3 is 5.32 Å². The van der Waals surface area contributed by atoms with Crippen LogP contribution in [-0.4, -0.2) is 36.7 Å². The number of carbonyl (C=O) groups excluding carboxylic acids is 1. The first-order valence-corrected chi connectivity index (χ1v) is 12.2. The molecule has 2 heterocycles. The summed E-state index contributed by atoms with van der Waals surface area (Å²) in [5, 5.41) is 3.11. The first-order valence-electron chi connectivity index (χ1n) is 10.8. The Morgan fingerprint density at radius 3 is 2.63 bits per heavy atom. The summed E-state index contributed by atoms with van der Waals surface area (Å²) < 4.78 is 28.0. The lowest BCUT2D eigenvalue weighted by molar-refractivity contribution is -0.123. The number of amides is 1. The van der Waals surface area contributed by atoms with Crippen LogP contribution in [0.3, 0.4) is 0 Å². The number of carbonyl (C=O) groups is 1. The van der Waals surface area contributed by atoms with Gasteiger partial charge in [0.25, 0.3) is 0 Å². The Balaban J connectivity index is 1.63. The minimum absolute atomic E-state index is 0.0679. The van der Waals surface area contributed by atoms with Gasteiger partial charge in [-0.2, -0.15) is 4.31 Å². The molecule has 1 saturated heterocycles. The van der Waals surface area contributed by atoms with Crippen LogP contribution < -0.4 is 5.32 Å². The molecule has 1 atom stereocenters. The summed E-state index contributed by atoms with van der Waals surface area (Å²) in [6.07, 6.45) is 8.77. The second kappa shape index (κ2) is 8.47. The number of rotatable bonds is 5. The smallest absolute Gasteiger partial charge is 0.244 e. The minimum atomic E-state index is -3.68. The van der Waals surface area contributed by atoms with Gasteiger partial charge in [0.2, 0.25) is 15.9 Å². The van der Waals surface area contributed by atoms with Gasteiger partial charge in [0.05, 0.1) is 5.92 Å². The Bertz CT molecular complexity index is 1000. The van der Waals surface area contributed by atoms with Gasteiger partial charge in [-0.05, 0) is 48.4 Å². The average Bonchev–Trinajstić information content (AvgIpc) is 3.14. The van der Waals surface area contributed by atoms with Crippen LogP contribution in [0.25, 0.3) is 0 Å². The molecule has 2 aliphatic rings. The Morgan fingerprint density at radius 2 is 1.93 bits per heavy atom. The Hall–Kier alpha value is -2.25. The summed E-state index contributed by atoms with van der Waals surface area (Å²) in [7, 11) is -3.68. The highest BCUT2D eigenvalue weighted by Gasteiger charge is 2.53. The normalized spacial score (nSPS) is 21.6. The number of sulfonamides is 1. The van der Waals surface area contributed by atoms with E-state index >= 15 is 0 Å². The zero-order chi connectivity index (χ0) is 21.2. The third-order valence-electron chi connectivity index (χ3n) is 6.71. The summed E-state index contributed by atoms with van der Waals surface area (Å²) in [6, 6.07) is 11.0. The zero-order valence-corrected chi connectivity index (χ0v) is 18.2. The Labute approximate surface area is 178 Å². The molecule has 160 valence electrons. The second-order valence-electron chi connectivity index (χ2n) is 8.46. The molecule has 6 nitrogen and oxygen atoms in total. The van der Waals surface area contributed by atoms with Crippen LogP contribution in [-0.2, 0) is 21.2 Å². The molecule has 1 aliphatic heterocycles. The number of aromatic nitrogens is 1. The molecular weight excluding hydrogens is 398 g/mol. The molecule has 2 fully saturated rings. The maximum absolute atomic E-state index is 13.4. The number of aryl methyl sites for hydroxylation is 1. The van der Waals surface area contributed by atoms with Crippen LogP contribution in [0.4, 0.5) is 5.69 Å². The van der Waals surface area contributed by atoms with Gasteiger partial charge in [0, 0.05) is 31.2 Å². The zero-order valence-electron chi connectivity index (χ0n) is 17.4. The van der Waals surface area contributed by atoms with E-state index in [1.165, 1.54) is 10.5 Å². The van der Waals surface area contributed by atoms with Gasteiger partial charge in [-0.25, -0.2) is 8.42 Å². The Kier molecular flexibility index (Phi) is 5.93. The van der Waals surface area contributed by atoms with Crippen molar-refractivity contribution in [3.05, 3.63) is 54.4 Å². The van der Waals surface area contributed by atoms with E-state index in [0.717, 1.165) is 49.8 Å². The van der Waals surface area contributed by atoms with E-state index in [2.05, 4.69) is 17.2 Å². The molecule has 1 aromatic carbocycles. The number of hydrogen-bond donors (Lipinski definition) is 1. The van der Waals surface area contributed by atoms with E-state index in [1.54, 1.807) is 18.3 Å². The van der Waals surface area contributed by atoms with Gasteiger partial charge in [-0.1, -0.05) is 44.4 Å². The first-order chi connectivity index (χ1) is 14.5. The van der Waals surface area contributed by atoms with Crippen LogP contribution in [0.5, 0.6) is 0 Å². The van der Waals surface area contributed by atoms with Crippen molar-refractivity contribution in [2.45, 2.75) is 50.3 Å². The highest BCUT2D eigenvalue weighted by molar-refractivity contribution is 7.89. The summed E-state index contributed by atoms with van der Waals surface area (Å²) >= 11 is 0. The van der Waals surface area contributed by atoms with E-state index in [-0.39, 0.29) is 28.7 Å². The lowest BCUT2D eigenvalue weighted by Gasteiger charge is -2.37. The Morgan fingerprint density at radius 1 is 1.17 bits per heavy atom. The molecule has 7 heteroatoms. The van der Waals surface area contributed by atoms with Crippen LogP contribution in [0.2, 0.25) is 0 Å². The third-order valence-corrected chi connectivity index (χ3v) is 8.51. The molecule has 1 aliphatic carbocycles. The number of para-hydroxylation sites is 1. The molecule has 1 spiro atoms. The number of hydrogen-bond acceptors (Lipinski definition) is 4. The molecule has 1 unspecified atom stereocenters. The number of pyridine rings is 1. The molecule has 30 heavy (non-hydrogen) atoms. The standard InChI is InChI=1S/C23H29N3O3S/c1-2-18-9-4-5-11-21(18)25-22(27)20-16-26(17-23(20)12-6-3-7-13-23)30(28,29)19-10-8-14-24-15-19/h4-5,8-11,14-15,20H,2-3,6-7,12-13,16-17H2,1H3,(H,25,27). The maximum atomic E-state index is 13.4. The number of benzene rings is 1. The maximum Gasteiger partial charge on any atom is 0.244 e. The van der Waals surface area contributed by atoms with Crippen LogP contribution in [0.15, 0.2) is 53.7 Å². The molecule has 0 radical (unpaired) electrons. The highest BCUT2D eigenvalue weighted by atomic mass is 32.2. The van der Waals surface area contributed by atoms with E-state index in [9.17, 15) is 13.2 Å². The largest absolute Gasteiger partial charge is 0.326 e. The van der Waals surface area contributed by atoms with Crippen LogP contribution >= 0.6 is 0 Å². The van der Waals surface area contributed by atoms with Gasteiger partial charge in [0.1, 0.15) is 4.90 Å². The highest BCUT2D eigenvalue weighted by Crippen LogP contribution is 2.49. The first kappa shape index (κ1) is 21.0. The van der Waals surface area contributed by atoms with Gasteiger partial charge in [-0.3, -0.25) is 9.78 Å². The third kappa shape index (κ3) is 3.88. The van der Waals surface area contributed by atoms with Gasteiger partial charge in [0.15, 0.2) is 0 Å². The molecular formula is C23H29N3O3S. The van der Waals surface area contributed by atoms with E-state index in [0.29, 0.717) is 6.54 Å². The van der Waals surface area contributed by atoms with E-state index < -0.39 is 10.0 Å². The molecule has 4 rings (SSSR count).